The smallest absolute Gasteiger partial charge is 0.323 e. The number of aliphatic carboxylic acids is 1. The first-order chi connectivity index (χ1) is 12.9. The number of amides is 1. The summed E-state index contributed by atoms with van der Waals surface area (Å²) >= 11 is 0. The van der Waals surface area contributed by atoms with Gasteiger partial charge in [0.05, 0.1) is 11.4 Å². The average molecular weight is 368 g/mol. The van der Waals surface area contributed by atoms with Crippen LogP contribution in [0.25, 0.3) is 0 Å². The maximum Gasteiger partial charge on any atom is 0.323 e. The number of fused-ring (bicyclic) bond motifs is 1. The highest BCUT2D eigenvalue weighted by molar-refractivity contribution is 6.20. The fourth-order valence-electron chi connectivity index (χ4n) is 3.19. The van der Waals surface area contributed by atoms with E-state index in [1.54, 1.807) is 0 Å². The van der Waals surface area contributed by atoms with E-state index in [0.717, 1.165) is 5.56 Å². The lowest BCUT2D eigenvalue weighted by atomic mass is 9.98. The predicted octanol–water partition coefficient (Wildman–Crippen LogP) is 3.51. The molecule has 3 rings (SSSR count). The van der Waals surface area contributed by atoms with Gasteiger partial charge in [-0.2, -0.15) is 0 Å². The molecule has 1 unspecified atom stereocenters. The van der Waals surface area contributed by atoms with Gasteiger partial charge >= 0.3 is 5.97 Å². The predicted molar refractivity (Wildman–Crippen MR) is 102 cm³/mol. The van der Waals surface area contributed by atoms with Crippen molar-refractivity contribution in [1.29, 1.82) is 0 Å². The quantitative estimate of drug-likeness (QED) is 0.878. The Morgan fingerprint density at radius 2 is 1.96 bits per heavy atom. The Morgan fingerprint density at radius 1 is 1.26 bits per heavy atom. The Labute approximate surface area is 157 Å². The maximum atomic E-state index is 14.1. The summed E-state index contributed by atoms with van der Waals surface area (Å²) in [5.74, 6) is -2.08. The second-order valence-electron chi connectivity index (χ2n) is 6.65. The minimum atomic E-state index is -1.13. The van der Waals surface area contributed by atoms with E-state index in [0.29, 0.717) is 23.4 Å². The van der Waals surface area contributed by atoms with Crippen LogP contribution < -0.4 is 4.90 Å². The van der Waals surface area contributed by atoms with Crippen molar-refractivity contribution >= 4 is 23.3 Å². The number of rotatable bonds is 5. The van der Waals surface area contributed by atoms with E-state index in [2.05, 4.69) is 0 Å². The molecule has 27 heavy (non-hydrogen) atoms. The fraction of sp³-hybridized carbons (Fsp3) is 0.286. The Bertz CT molecular complexity index is 896. The molecule has 0 aromatic heterocycles. The molecule has 2 atom stereocenters. The lowest BCUT2D eigenvalue weighted by Gasteiger charge is -2.25. The Kier molecular flexibility index (Phi) is 5.35. The van der Waals surface area contributed by atoms with Crippen molar-refractivity contribution in [1.82, 2.24) is 0 Å². The van der Waals surface area contributed by atoms with Crippen LogP contribution in [-0.4, -0.2) is 35.3 Å². The summed E-state index contributed by atoms with van der Waals surface area (Å²) in [4.78, 5) is 30.5. The third-order valence-electron chi connectivity index (χ3n) is 4.82. The van der Waals surface area contributed by atoms with Crippen LogP contribution in [0.15, 0.2) is 53.5 Å². The van der Waals surface area contributed by atoms with E-state index < -0.39 is 24.4 Å². The van der Waals surface area contributed by atoms with E-state index in [-0.39, 0.29) is 11.8 Å². The summed E-state index contributed by atoms with van der Waals surface area (Å²) in [5.41, 5.74) is 2.03. The number of benzodiazepines with no additional fused rings is 1. The second-order valence-corrected chi connectivity index (χ2v) is 6.65. The van der Waals surface area contributed by atoms with E-state index in [4.69, 9.17) is 4.99 Å². The molecule has 1 aliphatic heterocycles. The lowest BCUT2D eigenvalue weighted by Crippen LogP contribution is -2.43. The fourth-order valence-corrected chi connectivity index (χ4v) is 3.19. The number of benzene rings is 2. The third kappa shape index (κ3) is 3.74. The molecule has 0 aliphatic carbocycles. The first kappa shape index (κ1) is 18.8. The second kappa shape index (κ2) is 7.70. The molecule has 0 spiro atoms. The topological polar surface area (TPSA) is 70.0 Å². The van der Waals surface area contributed by atoms with Crippen LogP contribution in [0.2, 0.25) is 0 Å². The molecule has 2 aromatic carbocycles. The van der Waals surface area contributed by atoms with Crippen molar-refractivity contribution in [2.75, 3.05) is 11.4 Å². The van der Waals surface area contributed by atoms with Gasteiger partial charge in [-0.3, -0.25) is 19.5 Å². The first-order valence-electron chi connectivity index (χ1n) is 8.88. The zero-order valence-electron chi connectivity index (χ0n) is 15.2. The molecule has 0 radical (unpaired) electrons. The van der Waals surface area contributed by atoms with Crippen molar-refractivity contribution < 1.29 is 19.1 Å². The number of nitrogens with zero attached hydrogens (tertiary/aromatic N) is 2. The van der Waals surface area contributed by atoms with Crippen LogP contribution in [0.1, 0.15) is 31.4 Å². The molecule has 0 saturated heterocycles. The Hall–Kier alpha value is -3.02. The summed E-state index contributed by atoms with van der Waals surface area (Å²) in [5, 5.41) is 9.32. The van der Waals surface area contributed by atoms with Crippen LogP contribution in [0.3, 0.4) is 0 Å². The number of anilines is 1. The summed E-state index contributed by atoms with van der Waals surface area (Å²) in [6.45, 7) is 3.36. The van der Waals surface area contributed by atoms with Gasteiger partial charge in [0.15, 0.2) is 0 Å². The molecule has 1 amide bonds. The van der Waals surface area contributed by atoms with E-state index in [1.807, 2.05) is 44.2 Å². The minimum absolute atomic E-state index is 0.0910. The summed E-state index contributed by atoms with van der Waals surface area (Å²) in [6.07, 6.45) is 0.702. The van der Waals surface area contributed by atoms with Crippen molar-refractivity contribution in [2.45, 2.75) is 26.3 Å². The van der Waals surface area contributed by atoms with Gasteiger partial charge in [-0.05, 0) is 24.1 Å². The normalized spacial score (nSPS) is 17.7. The number of carbonyl (C=O) groups is 2. The van der Waals surface area contributed by atoms with Gasteiger partial charge in [0, 0.05) is 11.1 Å². The molecule has 140 valence electrons. The first-order valence-corrected chi connectivity index (χ1v) is 8.88. The van der Waals surface area contributed by atoms with Crippen LogP contribution in [0, 0.1) is 11.7 Å². The van der Waals surface area contributed by atoms with Crippen molar-refractivity contribution in [3.8, 4) is 0 Å². The molecular formula is C21H21FN2O3. The van der Waals surface area contributed by atoms with Gasteiger partial charge in [0.2, 0.25) is 0 Å². The SMILES string of the molecule is CCC(C)[C@@H]1N=C(c2ccccc2)c2cc(F)ccc2N(CC(=O)O)C1=O. The van der Waals surface area contributed by atoms with Crippen LogP contribution >= 0.6 is 0 Å². The van der Waals surface area contributed by atoms with Crippen LogP contribution in [-0.2, 0) is 9.59 Å². The molecule has 1 N–H and O–H groups in total. The highest BCUT2D eigenvalue weighted by Crippen LogP contribution is 2.31. The number of hydrogen-bond acceptors (Lipinski definition) is 3. The van der Waals surface area contributed by atoms with Gasteiger partial charge in [-0.1, -0.05) is 50.6 Å². The van der Waals surface area contributed by atoms with E-state index in [9.17, 15) is 19.1 Å². The Balaban J connectivity index is 2.27. The standard InChI is InChI=1S/C21H21FN2O3/c1-3-13(2)19-21(27)24(12-18(25)26)17-10-9-15(22)11-16(17)20(23-19)14-7-5-4-6-8-14/h4-11,13,19H,3,12H2,1-2H3,(H,25,26)/t13?,19-/m0/s1. The van der Waals surface area contributed by atoms with Crippen LogP contribution in [0.5, 0.6) is 0 Å². The number of carboxylic acids is 1. The molecule has 0 bridgehead atoms. The van der Waals surface area contributed by atoms with Crippen molar-refractivity contribution in [3.63, 3.8) is 0 Å². The van der Waals surface area contributed by atoms with Crippen molar-refractivity contribution in [2.24, 2.45) is 10.9 Å². The molecule has 5 nitrogen and oxygen atoms in total. The van der Waals surface area contributed by atoms with Gasteiger partial charge in [-0.15, -0.1) is 0 Å². The largest absolute Gasteiger partial charge is 0.480 e. The third-order valence-corrected chi connectivity index (χ3v) is 4.82. The van der Waals surface area contributed by atoms with Gasteiger partial charge in [0.1, 0.15) is 18.4 Å². The molecule has 6 heteroatoms. The Morgan fingerprint density at radius 3 is 2.59 bits per heavy atom. The molecule has 0 saturated carbocycles. The molecular weight excluding hydrogens is 347 g/mol. The zero-order chi connectivity index (χ0) is 19.6. The number of hydrogen-bond donors (Lipinski definition) is 1. The van der Waals surface area contributed by atoms with E-state index in [1.165, 1.54) is 23.1 Å². The van der Waals surface area contributed by atoms with Gasteiger partial charge in [0.25, 0.3) is 5.91 Å². The van der Waals surface area contributed by atoms with Gasteiger partial charge < -0.3 is 5.11 Å². The van der Waals surface area contributed by atoms with Crippen LogP contribution in [0.4, 0.5) is 10.1 Å². The van der Waals surface area contributed by atoms with E-state index >= 15 is 0 Å². The lowest BCUT2D eigenvalue weighted by molar-refractivity contribution is -0.136. The van der Waals surface area contributed by atoms with Gasteiger partial charge in [-0.25, -0.2) is 4.39 Å². The minimum Gasteiger partial charge on any atom is -0.480 e. The molecule has 2 aromatic rings. The molecule has 1 aliphatic rings. The zero-order valence-corrected chi connectivity index (χ0v) is 15.2. The summed E-state index contributed by atoms with van der Waals surface area (Å²) < 4.78 is 14.1. The summed E-state index contributed by atoms with van der Waals surface area (Å²) in [7, 11) is 0. The average Bonchev–Trinajstić information content (AvgIpc) is 2.77. The number of aliphatic imine (C=N–C) groups is 1. The molecule has 1 heterocycles. The maximum absolute atomic E-state index is 14.1. The van der Waals surface area contributed by atoms with Crippen molar-refractivity contribution in [3.05, 3.63) is 65.5 Å². The number of halogens is 1. The molecule has 0 fully saturated rings. The number of carbonyl (C=O) groups excluding carboxylic acids is 1. The highest BCUT2D eigenvalue weighted by atomic mass is 19.1. The number of carboxylic acid groups (broad SMARTS) is 1. The summed E-state index contributed by atoms with van der Waals surface area (Å²) in [6, 6.07) is 12.5. The highest BCUT2D eigenvalue weighted by Gasteiger charge is 2.35. The monoisotopic (exact) mass is 368 g/mol.